The van der Waals surface area contributed by atoms with E-state index in [1.807, 2.05) is 34.6 Å². The lowest BCUT2D eigenvalue weighted by atomic mass is 9.83. The van der Waals surface area contributed by atoms with Gasteiger partial charge in [-0.1, -0.05) is 18.5 Å². The monoisotopic (exact) mass is 284 g/mol. The maximum absolute atomic E-state index is 12.3. The van der Waals surface area contributed by atoms with E-state index in [1.54, 1.807) is 12.3 Å². The molecule has 1 aromatic heterocycles. The second-order valence-corrected chi connectivity index (χ2v) is 6.28. The van der Waals surface area contributed by atoms with Crippen LogP contribution in [0.5, 0.6) is 0 Å². The lowest BCUT2D eigenvalue weighted by Crippen LogP contribution is -2.37. The van der Waals surface area contributed by atoms with Crippen molar-refractivity contribution >= 4 is 17.6 Å². The standard InChI is InChI=1S/C14H21ClN2O2/c1-6-14(5,12(18)19-13(2,3)4)9-11-16-8-7-10(15)17-11/h7-8H,6,9H2,1-5H3/t14-/m0/s1. The first kappa shape index (κ1) is 15.9. The zero-order valence-electron chi connectivity index (χ0n) is 12.2. The molecule has 0 aliphatic heterocycles. The fraction of sp³-hybridized carbons (Fsp3) is 0.643. The van der Waals surface area contributed by atoms with E-state index in [-0.39, 0.29) is 5.97 Å². The molecule has 0 radical (unpaired) electrons. The summed E-state index contributed by atoms with van der Waals surface area (Å²) < 4.78 is 5.47. The minimum absolute atomic E-state index is 0.230. The topological polar surface area (TPSA) is 52.1 Å². The van der Waals surface area contributed by atoms with Crippen LogP contribution in [0.2, 0.25) is 5.15 Å². The Morgan fingerprint density at radius 1 is 1.37 bits per heavy atom. The highest BCUT2D eigenvalue weighted by Crippen LogP contribution is 2.29. The Morgan fingerprint density at radius 2 is 2.00 bits per heavy atom. The first-order valence-electron chi connectivity index (χ1n) is 6.37. The fourth-order valence-corrected chi connectivity index (χ4v) is 1.71. The van der Waals surface area contributed by atoms with Gasteiger partial charge in [0, 0.05) is 12.6 Å². The summed E-state index contributed by atoms with van der Waals surface area (Å²) in [6, 6.07) is 1.61. The van der Waals surface area contributed by atoms with Crippen LogP contribution in [0.1, 0.15) is 46.9 Å². The Hall–Kier alpha value is -1.16. The zero-order chi connectivity index (χ0) is 14.7. The number of ether oxygens (including phenoxy) is 1. The van der Waals surface area contributed by atoms with Crippen molar-refractivity contribution in [1.29, 1.82) is 0 Å². The average Bonchev–Trinajstić information content (AvgIpc) is 2.26. The van der Waals surface area contributed by atoms with Gasteiger partial charge in [-0.15, -0.1) is 0 Å². The summed E-state index contributed by atoms with van der Waals surface area (Å²) in [5, 5.41) is 0.382. The minimum Gasteiger partial charge on any atom is -0.460 e. The van der Waals surface area contributed by atoms with Gasteiger partial charge in [-0.2, -0.15) is 0 Å². The molecule has 0 fully saturated rings. The van der Waals surface area contributed by atoms with Crippen molar-refractivity contribution in [1.82, 2.24) is 9.97 Å². The molecule has 0 saturated heterocycles. The van der Waals surface area contributed by atoms with Crippen LogP contribution in [0.15, 0.2) is 12.3 Å². The van der Waals surface area contributed by atoms with Gasteiger partial charge in [-0.3, -0.25) is 4.79 Å². The lowest BCUT2D eigenvalue weighted by Gasteiger charge is -2.30. The molecule has 106 valence electrons. The summed E-state index contributed by atoms with van der Waals surface area (Å²) in [6.45, 7) is 9.39. The number of carbonyl (C=O) groups is 1. The number of hydrogen-bond acceptors (Lipinski definition) is 4. The number of aromatic nitrogens is 2. The normalized spacial score (nSPS) is 14.8. The number of esters is 1. The highest BCUT2D eigenvalue weighted by molar-refractivity contribution is 6.29. The van der Waals surface area contributed by atoms with Gasteiger partial charge in [0.25, 0.3) is 0 Å². The van der Waals surface area contributed by atoms with Gasteiger partial charge in [-0.25, -0.2) is 9.97 Å². The number of carbonyl (C=O) groups excluding carboxylic acids is 1. The van der Waals surface area contributed by atoms with E-state index in [0.717, 1.165) is 0 Å². The molecule has 0 N–H and O–H groups in total. The lowest BCUT2D eigenvalue weighted by molar-refractivity contribution is -0.167. The van der Waals surface area contributed by atoms with Crippen molar-refractivity contribution in [2.75, 3.05) is 0 Å². The Balaban J connectivity index is 2.89. The van der Waals surface area contributed by atoms with Gasteiger partial charge in [0.05, 0.1) is 5.41 Å². The summed E-state index contributed by atoms with van der Waals surface area (Å²) in [5.74, 6) is 0.328. The van der Waals surface area contributed by atoms with Crippen molar-refractivity contribution in [3.63, 3.8) is 0 Å². The third-order valence-electron chi connectivity index (χ3n) is 2.89. The molecule has 0 amide bonds. The van der Waals surface area contributed by atoms with Crippen molar-refractivity contribution < 1.29 is 9.53 Å². The Labute approximate surface area is 119 Å². The smallest absolute Gasteiger partial charge is 0.312 e. The molecule has 0 bridgehead atoms. The first-order chi connectivity index (χ1) is 8.66. The van der Waals surface area contributed by atoms with Crippen LogP contribution in [-0.4, -0.2) is 21.5 Å². The van der Waals surface area contributed by atoms with Crippen LogP contribution >= 0.6 is 11.6 Å². The Bertz CT molecular complexity index is 457. The molecule has 0 aromatic carbocycles. The van der Waals surface area contributed by atoms with Crippen LogP contribution in [0, 0.1) is 5.41 Å². The predicted octanol–water partition coefficient (Wildman–Crippen LogP) is 3.43. The molecule has 0 saturated carbocycles. The van der Waals surface area contributed by atoms with Gasteiger partial charge in [-0.05, 0) is 40.2 Å². The van der Waals surface area contributed by atoms with E-state index in [1.165, 1.54) is 0 Å². The molecule has 0 aliphatic carbocycles. The summed E-state index contributed by atoms with van der Waals surface area (Å²) in [6.07, 6.45) is 2.66. The molecule has 4 nitrogen and oxygen atoms in total. The molecule has 5 heteroatoms. The fourth-order valence-electron chi connectivity index (χ4n) is 1.55. The summed E-state index contributed by atoms with van der Waals surface area (Å²) in [5.41, 5.74) is -1.14. The van der Waals surface area contributed by atoms with Gasteiger partial charge in [0.2, 0.25) is 0 Å². The van der Waals surface area contributed by atoms with Crippen LogP contribution in [0.3, 0.4) is 0 Å². The first-order valence-corrected chi connectivity index (χ1v) is 6.75. The van der Waals surface area contributed by atoms with Crippen molar-refractivity contribution in [2.45, 2.75) is 53.1 Å². The van der Waals surface area contributed by atoms with Crippen molar-refractivity contribution in [3.05, 3.63) is 23.2 Å². The molecule has 1 heterocycles. The third-order valence-corrected chi connectivity index (χ3v) is 3.10. The molecular weight excluding hydrogens is 264 g/mol. The van der Waals surface area contributed by atoms with E-state index >= 15 is 0 Å². The Kier molecular flexibility index (Phi) is 4.91. The molecule has 1 aromatic rings. The Morgan fingerprint density at radius 3 is 2.47 bits per heavy atom. The SMILES string of the molecule is CC[C@@](C)(Cc1nccc(Cl)n1)C(=O)OC(C)(C)C. The number of rotatable bonds is 4. The molecule has 1 rings (SSSR count). The van der Waals surface area contributed by atoms with Gasteiger partial charge < -0.3 is 4.74 Å². The van der Waals surface area contributed by atoms with Crippen LogP contribution in [0.4, 0.5) is 0 Å². The highest BCUT2D eigenvalue weighted by Gasteiger charge is 2.36. The van der Waals surface area contributed by atoms with Gasteiger partial charge in [0.15, 0.2) is 0 Å². The van der Waals surface area contributed by atoms with Crippen molar-refractivity contribution in [2.24, 2.45) is 5.41 Å². The summed E-state index contributed by atoms with van der Waals surface area (Å²) in [7, 11) is 0. The molecular formula is C14H21ClN2O2. The molecule has 0 aliphatic rings. The van der Waals surface area contributed by atoms with Crippen LogP contribution in [0.25, 0.3) is 0 Å². The maximum Gasteiger partial charge on any atom is 0.312 e. The molecule has 0 spiro atoms. The predicted molar refractivity (Wildman–Crippen MR) is 75.0 cm³/mol. The maximum atomic E-state index is 12.3. The van der Waals surface area contributed by atoms with Crippen LogP contribution in [-0.2, 0) is 16.0 Å². The summed E-state index contributed by atoms with van der Waals surface area (Å²) in [4.78, 5) is 20.6. The van der Waals surface area contributed by atoms with E-state index in [0.29, 0.717) is 23.8 Å². The largest absolute Gasteiger partial charge is 0.460 e. The molecule has 19 heavy (non-hydrogen) atoms. The average molecular weight is 285 g/mol. The highest BCUT2D eigenvalue weighted by atomic mass is 35.5. The van der Waals surface area contributed by atoms with Crippen LogP contribution < -0.4 is 0 Å². The minimum atomic E-state index is -0.641. The second kappa shape index (κ2) is 5.87. The van der Waals surface area contributed by atoms with E-state index in [4.69, 9.17) is 16.3 Å². The molecule has 0 unspecified atom stereocenters. The third kappa shape index (κ3) is 4.78. The number of halogens is 1. The number of hydrogen-bond donors (Lipinski definition) is 0. The van der Waals surface area contributed by atoms with E-state index in [9.17, 15) is 4.79 Å². The zero-order valence-corrected chi connectivity index (χ0v) is 12.9. The van der Waals surface area contributed by atoms with Gasteiger partial charge in [0.1, 0.15) is 16.6 Å². The van der Waals surface area contributed by atoms with Crippen molar-refractivity contribution in [3.8, 4) is 0 Å². The van der Waals surface area contributed by atoms with E-state index in [2.05, 4.69) is 9.97 Å². The summed E-state index contributed by atoms with van der Waals surface area (Å²) >= 11 is 5.84. The van der Waals surface area contributed by atoms with Gasteiger partial charge >= 0.3 is 5.97 Å². The van der Waals surface area contributed by atoms with E-state index < -0.39 is 11.0 Å². The quantitative estimate of drug-likeness (QED) is 0.628. The molecule has 1 atom stereocenters. The second-order valence-electron chi connectivity index (χ2n) is 5.89. The number of nitrogens with zero attached hydrogens (tertiary/aromatic N) is 2.